The molecule has 1 aromatic rings. The van der Waals surface area contributed by atoms with Gasteiger partial charge in [-0.05, 0) is 31.5 Å². The van der Waals surface area contributed by atoms with Crippen molar-refractivity contribution >= 4 is 11.7 Å². The number of amides is 1. The third-order valence-corrected chi connectivity index (χ3v) is 2.25. The van der Waals surface area contributed by atoms with Crippen molar-refractivity contribution < 1.29 is 4.79 Å². The largest absolute Gasteiger partial charge is 0.370 e. The second-order valence-electron chi connectivity index (χ2n) is 3.74. The minimum absolute atomic E-state index is 0.0771. The van der Waals surface area contributed by atoms with E-state index in [0.717, 1.165) is 25.2 Å². The first-order valence-corrected chi connectivity index (χ1v) is 5.94. The minimum atomic E-state index is 0.0771. The summed E-state index contributed by atoms with van der Waals surface area (Å²) >= 11 is 0. The van der Waals surface area contributed by atoms with Gasteiger partial charge in [-0.15, -0.1) is 0 Å². The van der Waals surface area contributed by atoms with Crippen LogP contribution in [0.1, 0.15) is 19.3 Å². The first-order chi connectivity index (χ1) is 8.33. The van der Waals surface area contributed by atoms with E-state index in [2.05, 4.69) is 15.6 Å². The van der Waals surface area contributed by atoms with Crippen LogP contribution in [0.25, 0.3) is 0 Å². The van der Waals surface area contributed by atoms with E-state index in [1.54, 1.807) is 6.20 Å². The molecule has 0 unspecified atom stereocenters. The van der Waals surface area contributed by atoms with E-state index >= 15 is 0 Å². The molecule has 1 rings (SSSR count). The lowest BCUT2D eigenvalue weighted by molar-refractivity contribution is -0.121. The third-order valence-electron chi connectivity index (χ3n) is 2.25. The van der Waals surface area contributed by atoms with Gasteiger partial charge in [-0.3, -0.25) is 4.79 Å². The van der Waals surface area contributed by atoms with Crippen molar-refractivity contribution in [1.82, 2.24) is 10.3 Å². The Morgan fingerprint density at radius 1 is 1.29 bits per heavy atom. The molecule has 0 aromatic carbocycles. The van der Waals surface area contributed by atoms with Crippen LogP contribution in [0.15, 0.2) is 24.4 Å². The summed E-state index contributed by atoms with van der Waals surface area (Å²) in [7, 11) is 0. The number of rotatable bonds is 8. The molecular weight excluding hydrogens is 216 g/mol. The number of nitrogens with two attached hydrogens (primary N) is 1. The molecule has 0 radical (unpaired) electrons. The van der Waals surface area contributed by atoms with Crippen molar-refractivity contribution in [1.29, 1.82) is 0 Å². The molecule has 0 saturated heterocycles. The normalized spacial score (nSPS) is 9.94. The molecule has 5 heteroatoms. The number of nitrogens with zero attached hydrogens (tertiary/aromatic N) is 1. The summed E-state index contributed by atoms with van der Waals surface area (Å²) in [5, 5.41) is 6.03. The van der Waals surface area contributed by atoms with Gasteiger partial charge in [-0.2, -0.15) is 0 Å². The first kappa shape index (κ1) is 13.4. The molecule has 0 bridgehead atoms. The lowest BCUT2D eigenvalue weighted by Crippen LogP contribution is -2.26. The van der Waals surface area contributed by atoms with Crippen molar-refractivity contribution in [3.8, 4) is 0 Å². The molecule has 94 valence electrons. The molecule has 1 aromatic heterocycles. The zero-order chi connectivity index (χ0) is 12.3. The van der Waals surface area contributed by atoms with Crippen LogP contribution in [-0.2, 0) is 4.79 Å². The van der Waals surface area contributed by atoms with Gasteiger partial charge in [0.1, 0.15) is 5.82 Å². The number of pyridine rings is 1. The number of anilines is 1. The molecule has 5 nitrogen and oxygen atoms in total. The van der Waals surface area contributed by atoms with Crippen LogP contribution >= 0.6 is 0 Å². The van der Waals surface area contributed by atoms with Crippen molar-refractivity contribution in [2.75, 3.05) is 25.0 Å². The second-order valence-corrected chi connectivity index (χ2v) is 3.74. The van der Waals surface area contributed by atoms with E-state index in [-0.39, 0.29) is 5.91 Å². The van der Waals surface area contributed by atoms with Gasteiger partial charge < -0.3 is 16.4 Å². The fourth-order valence-electron chi connectivity index (χ4n) is 1.35. The van der Waals surface area contributed by atoms with Gasteiger partial charge in [0.2, 0.25) is 5.91 Å². The minimum Gasteiger partial charge on any atom is -0.370 e. The van der Waals surface area contributed by atoms with Gasteiger partial charge in [0.15, 0.2) is 0 Å². The maximum atomic E-state index is 11.2. The Morgan fingerprint density at radius 2 is 2.18 bits per heavy atom. The topological polar surface area (TPSA) is 80.0 Å². The van der Waals surface area contributed by atoms with Crippen molar-refractivity contribution in [2.45, 2.75) is 19.3 Å². The van der Waals surface area contributed by atoms with E-state index in [1.807, 2.05) is 18.2 Å². The predicted molar refractivity (Wildman–Crippen MR) is 68.6 cm³/mol. The molecule has 17 heavy (non-hydrogen) atoms. The highest BCUT2D eigenvalue weighted by molar-refractivity contribution is 5.75. The second kappa shape index (κ2) is 8.52. The summed E-state index contributed by atoms with van der Waals surface area (Å²) in [4.78, 5) is 15.4. The van der Waals surface area contributed by atoms with E-state index in [0.29, 0.717) is 19.5 Å². The number of aromatic nitrogens is 1. The molecule has 0 aliphatic carbocycles. The molecule has 4 N–H and O–H groups in total. The highest BCUT2D eigenvalue weighted by Gasteiger charge is 1.98. The zero-order valence-corrected chi connectivity index (χ0v) is 9.98. The maximum absolute atomic E-state index is 11.2. The lowest BCUT2D eigenvalue weighted by Gasteiger charge is -2.06. The molecule has 0 fully saturated rings. The molecule has 0 saturated carbocycles. The summed E-state index contributed by atoms with van der Waals surface area (Å²) in [6, 6.07) is 5.73. The Morgan fingerprint density at radius 3 is 2.88 bits per heavy atom. The van der Waals surface area contributed by atoms with Gasteiger partial charge in [0.25, 0.3) is 0 Å². The summed E-state index contributed by atoms with van der Waals surface area (Å²) in [5.41, 5.74) is 5.32. The molecular formula is C12H20N4O. The van der Waals surface area contributed by atoms with Gasteiger partial charge in [0, 0.05) is 25.7 Å². The smallest absolute Gasteiger partial charge is 0.220 e. The van der Waals surface area contributed by atoms with E-state index in [9.17, 15) is 4.79 Å². The van der Waals surface area contributed by atoms with Gasteiger partial charge in [-0.25, -0.2) is 4.98 Å². The first-order valence-electron chi connectivity index (χ1n) is 5.94. The Kier molecular flexibility index (Phi) is 6.74. The SMILES string of the molecule is NCCCC(=O)NCCCNc1ccccn1. The molecule has 1 heterocycles. The highest BCUT2D eigenvalue weighted by Crippen LogP contribution is 1.98. The number of hydrogen-bond acceptors (Lipinski definition) is 4. The van der Waals surface area contributed by atoms with Crippen LogP contribution in [0.5, 0.6) is 0 Å². The standard InChI is InChI=1S/C12H20N4O/c13-7-3-6-12(17)16-10-4-9-15-11-5-1-2-8-14-11/h1-2,5,8H,3-4,6-7,9-10,13H2,(H,14,15)(H,16,17). The van der Waals surface area contributed by atoms with Gasteiger partial charge in [-0.1, -0.05) is 6.07 Å². The van der Waals surface area contributed by atoms with Crippen molar-refractivity contribution in [2.24, 2.45) is 5.73 Å². The maximum Gasteiger partial charge on any atom is 0.220 e. The summed E-state index contributed by atoms with van der Waals surface area (Å²) < 4.78 is 0. The Bertz CT molecular complexity index is 316. The van der Waals surface area contributed by atoms with E-state index < -0.39 is 0 Å². The van der Waals surface area contributed by atoms with Crippen LogP contribution in [0.2, 0.25) is 0 Å². The molecule has 1 amide bonds. The monoisotopic (exact) mass is 236 g/mol. The summed E-state index contributed by atoms with van der Waals surface area (Å²) in [6.07, 6.45) is 3.89. The Balaban J connectivity index is 1.99. The quantitative estimate of drug-likeness (QED) is 0.582. The molecule has 0 aliphatic heterocycles. The van der Waals surface area contributed by atoms with Crippen LogP contribution < -0.4 is 16.4 Å². The zero-order valence-electron chi connectivity index (χ0n) is 9.98. The van der Waals surface area contributed by atoms with Gasteiger partial charge in [0.05, 0.1) is 0 Å². The van der Waals surface area contributed by atoms with Crippen LogP contribution in [0.4, 0.5) is 5.82 Å². The Hall–Kier alpha value is -1.62. The van der Waals surface area contributed by atoms with Crippen molar-refractivity contribution in [3.63, 3.8) is 0 Å². The van der Waals surface area contributed by atoms with Crippen molar-refractivity contribution in [3.05, 3.63) is 24.4 Å². The summed E-state index contributed by atoms with van der Waals surface area (Å²) in [6.45, 7) is 2.05. The number of carbonyl (C=O) groups excluding carboxylic acids is 1. The van der Waals surface area contributed by atoms with Gasteiger partial charge >= 0.3 is 0 Å². The fourth-order valence-corrected chi connectivity index (χ4v) is 1.35. The predicted octanol–water partition coefficient (Wildman–Crippen LogP) is 0.739. The molecule has 0 atom stereocenters. The van der Waals surface area contributed by atoms with Crippen LogP contribution in [-0.4, -0.2) is 30.5 Å². The molecule has 0 aliphatic rings. The number of carbonyl (C=O) groups is 1. The lowest BCUT2D eigenvalue weighted by atomic mass is 10.3. The summed E-state index contributed by atoms with van der Waals surface area (Å²) in [5.74, 6) is 0.940. The fraction of sp³-hybridized carbons (Fsp3) is 0.500. The highest BCUT2D eigenvalue weighted by atomic mass is 16.1. The average molecular weight is 236 g/mol. The average Bonchev–Trinajstić information content (AvgIpc) is 2.37. The Labute approximate surface area is 102 Å². The van der Waals surface area contributed by atoms with E-state index in [1.165, 1.54) is 0 Å². The van der Waals surface area contributed by atoms with Crippen LogP contribution in [0, 0.1) is 0 Å². The molecule has 0 spiro atoms. The number of nitrogens with one attached hydrogen (secondary N) is 2. The van der Waals surface area contributed by atoms with E-state index in [4.69, 9.17) is 5.73 Å². The van der Waals surface area contributed by atoms with Crippen LogP contribution in [0.3, 0.4) is 0 Å². The third kappa shape index (κ3) is 6.52. The number of hydrogen-bond donors (Lipinski definition) is 3.